The number of methoxy groups -OCH3 is 1. The Kier molecular flexibility index (Phi) is 7.69. The second-order valence-electron chi connectivity index (χ2n) is 6.67. The van der Waals surface area contributed by atoms with Crippen LogP contribution in [-0.4, -0.2) is 39.4 Å². The summed E-state index contributed by atoms with van der Waals surface area (Å²) in [6, 6.07) is 12.5. The van der Waals surface area contributed by atoms with Crippen LogP contribution in [0.4, 0.5) is 5.69 Å². The third kappa shape index (κ3) is 6.08. The highest BCUT2D eigenvalue weighted by Crippen LogP contribution is 2.21. The molecule has 0 fully saturated rings. The molecular weight excluding hydrogens is 482 g/mol. The van der Waals surface area contributed by atoms with E-state index in [-0.39, 0.29) is 24.1 Å². The van der Waals surface area contributed by atoms with Crippen LogP contribution in [0.3, 0.4) is 0 Å². The van der Waals surface area contributed by atoms with E-state index in [0.29, 0.717) is 22.3 Å². The van der Waals surface area contributed by atoms with Crippen molar-refractivity contribution in [3.05, 3.63) is 63.9 Å². The zero-order valence-electron chi connectivity index (χ0n) is 17.3. The van der Waals surface area contributed by atoms with Crippen molar-refractivity contribution in [1.29, 1.82) is 0 Å². The van der Waals surface area contributed by atoms with Crippen molar-refractivity contribution < 1.29 is 14.3 Å². The number of hydrogen-bond donors (Lipinski definition) is 2. The minimum atomic E-state index is -0.218. The minimum Gasteiger partial charge on any atom is -0.497 e. The lowest BCUT2D eigenvalue weighted by Crippen LogP contribution is -2.24. The molecule has 0 aliphatic carbocycles. The van der Waals surface area contributed by atoms with E-state index in [9.17, 15) is 9.59 Å². The van der Waals surface area contributed by atoms with E-state index in [2.05, 4.69) is 36.8 Å². The quantitative estimate of drug-likeness (QED) is 0.456. The summed E-state index contributed by atoms with van der Waals surface area (Å²) in [4.78, 5) is 24.6. The van der Waals surface area contributed by atoms with Crippen LogP contribution in [0.15, 0.2) is 52.1 Å². The van der Waals surface area contributed by atoms with Gasteiger partial charge in [-0.15, -0.1) is 10.2 Å². The number of nitrogens with zero attached hydrogens (tertiary/aromatic N) is 3. The summed E-state index contributed by atoms with van der Waals surface area (Å²) in [6.45, 7) is 2.15. The number of rotatable bonds is 8. The molecule has 0 saturated carbocycles. The summed E-state index contributed by atoms with van der Waals surface area (Å²) in [6.07, 6.45) is 0. The van der Waals surface area contributed by atoms with Crippen molar-refractivity contribution in [3.8, 4) is 5.75 Å². The third-order valence-electron chi connectivity index (χ3n) is 4.48. The van der Waals surface area contributed by atoms with E-state index >= 15 is 0 Å². The molecule has 0 bridgehead atoms. The Morgan fingerprint density at radius 3 is 2.58 bits per heavy atom. The van der Waals surface area contributed by atoms with Gasteiger partial charge in [0.2, 0.25) is 5.91 Å². The number of thioether (sulfide) groups is 1. The van der Waals surface area contributed by atoms with E-state index in [4.69, 9.17) is 4.74 Å². The van der Waals surface area contributed by atoms with Crippen molar-refractivity contribution >= 4 is 45.2 Å². The molecule has 1 heterocycles. The molecule has 0 atom stereocenters. The van der Waals surface area contributed by atoms with E-state index in [1.165, 1.54) is 11.8 Å². The molecule has 0 aliphatic heterocycles. The van der Waals surface area contributed by atoms with Gasteiger partial charge in [0.1, 0.15) is 5.75 Å². The number of halogens is 1. The predicted octanol–water partition coefficient (Wildman–Crippen LogP) is 3.56. The molecule has 2 amide bonds. The molecule has 162 valence electrons. The van der Waals surface area contributed by atoms with E-state index in [1.54, 1.807) is 43.0 Å². The fourth-order valence-electron chi connectivity index (χ4n) is 2.71. The Morgan fingerprint density at radius 2 is 1.90 bits per heavy atom. The fourth-order valence-corrected chi connectivity index (χ4v) is 3.92. The average molecular weight is 504 g/mol. The SMILES string of the molecule is COc1ccc(C(=O)NCc2nnc(SCC(=O)Nc3ccc(Br)cc3C)n2C)cc1. The standard InChI is InChI=1S/C21H22BrN5O3S/c1-13-10-15(22)6-9-17(13)24-19(28)12-31-21-26-25-18(27(21)2)11-23-20(29)14-4-7-16(30-3)8-5-14/h4-10H,11-12H2,1-3H3,(H,23,29)(H,24,28). The first-order valence-corrected chi connectivity index (χ1v) is 11.1. The summed E-state index contributed by atoms with van der Waals surface area (Å²) < 4.78 is 7.82. The number of carbonyl (C=O) groups is 2. The molecule has 0 aliphatic rings. The molecule has 2 N–H and O–H groups in total. The van der Waals surface area contributed by atoms with Gasteiger partial charge in [-0.25, -0.2) is 0 Å². The van der Waals surface area contributed by atoms with Gasteiger partial charge >= 0.3 is 0 Å². The largest absolute Gasteiger partial charge is 0.497 e. The second kappa shape index (κ2) is 10.5. The summed E-state index contributed by atoms with van der Waals surface area (Å²) >= 11 is 4.69. The molecule has 0 radical (unpaired) electrons. The molecule has 0 spiro atoms. The predicted molar refractivity (Wildman–Crippen MR) is 123 cm³/mol. The number of anilines is 1. The van der Waals surface area contributed by atoms with Gasteiger partial charge in [-0.1, -0.05) is 27.7 Å². The van der Waals surface area contributed by atoms with Gasteiger partial charge in [-0.3, -0.25) is 9.59 Å². The van der Waals surface area contributed by atoms with Crippen LogP contribution in [-0.2, 0) is 18.4 Å². The maximum atomic E-state index is 12.3. The molecule has 1 aromatic heterocycles. The molecule has 3 aromatic rings. The van der Waals surface area contributed by atoms with Crippen LogP contribution in [0.5, 0.6) is 5.75 Å². The van der Waals surface area contributed by atoms with Crippen molar-refractivity contribution in [1.82, 2.24) is 20.1 Å². The Morgan fingerprint density at radius 1 is 1.16 bits per heavy atom. The van der Waals surface area contributed by atoms with Crippen LogP contribution < -0.4 is 15.4 Å². The highest BCUT2D eigenvalue weighted by Gasteiger charge is 2.14. The zero-order valence-corrected chi connectivity index (χ0v) is 19.7. The lowest BCUT2D eigenvalue weighted by atomic mass is 10.2. The Bertz CT molecular complexity index is 1090. The summed E-state index contributed by atoms with van der Waals surface area (Å²) in [7, 11) is 3.37. The first kappa shape index (κ1) is 22.8. The van der Waals surface area contributed by atoms with Crippen LogP contribution in [0.1, 0.15) is 21.7 Å². The van der Waals surface area contributed by atoms with Crippen molar-refractivity contribution in [2.75, 3.05) is 18.2 Å². The summed E-state index contributed by atoms with van der Waals surface area (Å²) in [5.41, 5.74) is 2.27. The molecular formula is C21H22BrN5O3S. The van der Waals surface area contributed by atoms with Crippen molar-refractivity contribution in [2.45, 2.75) is 18.6 Å². The van der Waals surface area contributed by atoms with Gasteiger partial charge in [0.05, 0.1) is 19.4 Å². The molecule has 8 nitrogen and oxygen atoms in total. The van der Waals surface area contributed by atoms with E-state index < -0.39 is 0 Å². The Hall–Kier alpha value is -2.85. The van der Waals surface area contributed by atoms with Gasteiger partial charge in [0.15, 0.2) is 11.0 Å². The molecule has 31 heavy (non-hydrogen) atoms. The van der Waals surface area contributed by atoms with Gasteiger partial charge < -0.3 is 19.9 Å². The highest BCUT2D eigenvalue weighted by atomic mass is 79.9. The number of nitrogens with one attached hydrogen (secondary N) is 2. The molecule has 3 rings (SSSR count). The number of benzene rings is 2. The number of carbonyl (C=O) groups excluding carboxylic acids is 2. The molecule has 2 aromatic carbocycles. The third-order valence-corrected chi connectivity index (χ3v) is 5.99. The second-order valence-corrected chi connectivity index (χ2v) is 8.52. The minimum absolute atomic E-state index is 0.132. The summed E-state index contributed by atoms with van der Waals surface area (Å²) in [5, 5.41) is 14.5. The number of aryl methyl sites for hydroxylation is 1. The molecule has 0 unspecified atom stereocenters. The fraction of sp³-hybridized carbons (Fsp3) is 0.238. The number of hydrogen-bond acceptors (Lipinski definition) is 6. The Labute approximate surface area is 192 Å². The van der Waals surface area contributed by atoms with Crippen LogP contribution in [0, 0.1) is 6.92 Å². The number of ether oxygens (including phenoxy) is 1. The smallest absolute Gasteiger partial charge is 0.251 e. The van der Waals surface area contributed by atoms with Crippen LogP contribution >= 0.6 is 27.7 Å². The average Bonchev–Trinajstić information content (AvgIpc) is 3.12. The topological polar surface area (TPSA) is 98.1 Å². The van der Waals surface area contributed by atoms with E-state index in [1.807, 2.05) is 25.1 Å². The monoisotopic (exact) mass is 503 g/mol. The molecule has 10 heteroatoms. The lowest BCUT2D eigenvalue weighted by molar-refractivity contribution is -0.113. The maximum absolute atomic E-state index is 12.3. The van der Waals surface area contributed by atoms with Gasteiger partial charge in [-0.2, -0.15) is 0 Å². The lowest BCUT2D eigenvalue weighted by Gasteiger charge is -2.09. The summed E-state index contributed by atoms with van der Waals surface area (Å²) in [5.74, 6) is 1.12. The maximum Gasteiger partial charge on any atom is 0.251 e. The van der Waals surface area contributed by atoms with Crippen molar-refractivity contribution in [3.63, 3.8) is 0 Å². The first-order chi connectivity index (χ1) is 14.9. The van der Waals surface area contributed by atoms with E-state index in [0.717, 1.165) is 15.7 Å². The number of aromatic nitrogens is 3. The van der Waals surface area contributed by atoms with Crippen LogP contribution in [0.25, 0.3) is 0 Å². The highest BCUT2D eigenvalue weighted by molar-refractivity contribution is 9.10. The van der Waals surface area contributed by atoms with Gasteiger partial charge in [0.25, 0.3) is 5.91 Å². The normalized spacial score (nSPS) is 10.6. The Balaban J connectivity index is 1.52. The first-order valence-electron chi connectivity index (χ1n) is 9.36. The molecule has 0 saturated heterocycles. The number of amides is 2. The zero-order chi connectivity index (χ0) is 22.4. The van der Waals surface area contributed by atoms with Crippen LogP contribution in [0.2, 0.25) is 0 Å². The van der Waals surface area contributed by atoms with Crippen molar-refractivity contribution in [2.24, 2.45) is 7.05 Å². The van der Waals surface area contributed by atoms with Gasteiger partial charge in [-0.05, 0) is 55.0 Å². The van der Waals surface area contributed by atoms with Gasteiger partial charge in [0, 0.05) is 22.8 Å².